The Hall–Kier alpha value is -3.72. The highest BCUT2D eigenvalue weighted by Gasteiger charge is 2.37. The number of halogens is 6. The van der Waals surface area contributed by atoms with Gasteiger partial charge in [0.15, 0.2) is 23.3 Å². The molecule has 0 bridgehead atoms. The van der Waals surface area contributed by atoms with Crippen molar-refractivity contribution in [1.82, 2.24) is 0 Å². The summed E-state index contributed by atoms with van der Waals surface area (Å²) >= 11 is 6.12. The molecule has 0 radical (unpaired) electrons. The molecule has 0 aromatic heterocycles. The van der Waals surface area contributed by atoms with Crippen LogP contribution in [0, 0.1) is 29.1 Å². The van der Waals surface area contributed by atoms with E-state index in [2.05, 4.69) is 5.10 Å². The van der Waals surface area contributed by atoms with Gasteiger partial charge in [0.05, 0.1) is 11.3 Å². The van der Waals surface area contributed by atoms with E-state index >= 15 is 0 Å². The third-order valence-corrected chi connectivity index (χ3v) is 5.35. The van der Waals surface area contributed by atoms with E-state index in [4.69, 9.17) is 16.3 Å². The summed E-state index contributed by atoms with van der Waals surface area (Å²) in [7, 11) is 0. The minimum atomic E-state index is -2.32. The second-order valence-corrected chi connectivity index (χ2v) is 7.64. The van der Waals surface area contributed by atoms with Crippen molar-refractivity contribution < 1.29 is 31.5 Å². The van der Waals surface area contributed by atoms with Gasteiger partial charge in [0, 0.05) is 10.6 Å². The van der Waals surface area contributed by atoms with Gasteiger partial charge in [-0.05, 0) is 36.8 Å². The number of nitrogens with zero attached hydrogens (tertiary/aromatic N) is 2. The molecule has 0 saturated carbocycles. The minimum absolute atomic E-state index is 0.0244. The molecule has 0 N–H and O–H groups in total. The molecule has 4 nitrogen and oxygen atoms in total. The summed E-state index contributed by atoms with van der Waals surface area (Å²) in [6.07, 6.45) is 1.37. The van der Waals surface area contributed by atoms with Gasteiger partial charge in [-0.25, -0.2) is 22.0 Å². The average Bonchev–Trinajstić information content (AvgIpc) is 3.09. The summed E-state index contributed by atoms with van der Waals surface area (Å²) in [5.41, 5.74) is -0.265. The zero-order valence-corrected chi connectivity index (χ0v) is 18.1. The van der Waals surface area contributed by atoms with Crippen LogP contribution in [0.4, 0.5) is 27.6 Å². The fourth-order valence-corrected chi connectivity index (χ4v) is 3.44. The van der Waals surface area contributed by atoms with Crippen LogP contribution in [0.1, 0.15) is 18.1 Å². The van der Waals surface area contributed by atoms with Crippen molar-refractivity contribution in [2.24, 2.45) is 5.10 Å². The number of carbonyl (C=O) groups is 1. The number of carbonyl (C=O) groups excluding carboxylic acids is 1. The molecule has 174 valence electrons. The number of rotatable bonds is 5. The van der Waals surface area contributed by atoms with Crippen LogP contribution in [0.3, 0.4) is 0 Å². The lowest BCUT2D eigenvalue weighted by Crippen LogP contribution is -2.25. The number of anilines is 1. The molecule has 1 aliphatic rings. The fourth-order valence-electron chi connectivity index (χ4n) is 3.25. The van der Waals surface area contributed by atoms with Gasteiger partial charge in [0.1, 0.15) is 18.0 Å². The molecule has 34 heavy (non-hydrogen) atoms. The van der Waals surface area contributed by atoms with Gasteiger partial charge in [-0.2, -0.15) is 10.1 Å². The van der Waals surface area contributed by atoms with Crippen LogP contribution in [0.25, 0.3) is 6.08 Å². The van der Waals surface area contributed by atoms with Crippen LogP contribution < -0.4 is 9.75 Å². The molecule has 0 aliphatic carbocycles. The van der Waals surface area contributed by atoms with Crippen LogP contribution in [0.15, 0.2) is 59.2 Å². The number of hydrogen-bond donors (Lipinski definition) is 0. The first kappa shape index (κ1) is 23.4. The van der Waals surface area contributed by atoms with Gasteiger partial charge in [0.25, 0.3) is 5.91 Å². The first-order valence-corrected chi connectivity index (χ1v) is 10.2. The quantitative estimate of drug-likeness (QED) is 0.178. The van der Waals surface area contributed by atoms with Gasteiger partial charge in [-0.1, -0.05) is 41.9 Å². The largest absolute Gasteiger partial charge is 0.489 e. The van der Waals surface area contributed by atoms with E-state index in [9.17, 15) is 26.7 Å². The normalized spacial score (nSPS) is 14.7. The van der Waals surface area contributed by atoms with Crippen LogP contribution in [0.2, 0.25) is 5.02 Å². The van der Waals surface area contributed by atoms with Crippen LogP contribution in [-0.4, -0.2) is 11.6 Å². The Bertz CT molecular complexity index is 1340. The maximum atomic E-state index is 14.2. The molecular weight excluding hydrogens is 479 g/mol. The van der Waals surface area contributed by atoms with Gasteiger partial charge >= 0.3 is 0 Å². The van der Waals surface area contributed by atoms with Gasteiger partial charge in [-0.15, -0.1) is 0 Å². The third-order valence-electron chi connectivity index (χ3n) is 4.98. The standard InChI is InChI=1S/C24H14ClF5N2O2/c1-12-16(24(33)32(31-12)23-21(29)19(27)18(26)20(28)22(23)30)10-13-5-4-7-15(9-13)34-11-14-6-2-3-8-17(14)25/h2-10H,11H2,1H3/b16-10-. The Balaban J connectivity index is 1.61. The molecule has 1 amide bonds. The van der Waals surface area contributed by atoms with Crippen molar-refractivity contribution in [3.05, 3.63) is 99.3 Å². The number of ether oxygens (including phenoxy) is 1. The van der Waals surface area contributed by atoms with Gasteiger partial charge in [-0.3, -0.25) is 4.79 Å². The predicted octanol–water partition coefficient (Wildman–Crippen LogP) is 6.42. The average molecular weight is 493 g/mol. The van der Waals surface area contributed by atoms with E-state index in [1.807, 2.05) is 6.07 Å². The molecule has 3 aromatic carbocycles. The molecule has 0 fully saturated rings. The molecule has 0 atom stereocenters. The van der Waals surface area contributed by atoms with Crippen molar-refractivity contribution in [3.8, 4) is 5.75 Å². The lowest BCUT2D eigenvalue weighted by Gasteiger charge is -2.15. The first-order chi connectivity index (χ1) is 16.2. The highest BCUT2D eigenvalue weighted by atomic mass is 35.5. The van der Waals surface area contributed by atoms with Gasteiger partial charge in [0.2, 0.25) is 5.82 Å². The molecule has 3 aromatic rings. The van der Waals surface area contributed by atoms with E-state index < -0.39 is 40.7 Å². The fraction of sp³-hybridized carbons (Fsp3) is 0.0833. The summed E-state index contributed by atoms with van der Waals surface area (Å²) in [6.45, 7) is 1.56. The summed E-state index contributed by atoms with van der Waals surface area (Å²) in [5.74, 6) is -11.6. The van der Waals surface area contributed by atoms with Crippen LogP contribution in [-0.2, 0) is 11.4 Å². The maximum absolute atomic E-state index is 14.2. The molecule has 0 saturated heterocycles. The second kappa shape index (κ2) is 9.26. The van der Waals surface area contributed by atoms with E-state index in [1.54, 1.807) is 42.5 Å². The lowest BCUT2D eigenvalue weighted by atomic mass is 10.1. The molecule has 10 heteroatoms. The second-order valence-electron chi connectivity index (χ2n) is 7.23. The highest BCUT2D eigenvalue weighted by Crippen LogP contribution is 2.34. The van der Waals surface area contributed by atoms with Crippen LogP contribution in [0.5, 0.6) is 5.75 Å². The summed E-state index contributed by atoms with van der Waals surface area (Å²) in [4.78, 5) is 12.8. The van der Waals surface area contributed by atoms with Crippen LogP contribution >= 0.6 is 11.6 Å². The van der Waals surface area contributed by atoms with E-state index in [-0.39, 0.29) is 22.9 Å². The van der Waals surface area contributed by atoms with Crippen molar-refractivity contribution in [2.45, 2.75) is 13.5 Å². The molecule has 0 unspecified atom stereocenters. The van der Waals surface area contributed by atoms with E-state index in [0.717, 1.165) is 5.56 Å². The molecule has 1 heterocycles. The molecule has 1 aliphatic heterocycles. The monoisotopic (exact) mass is 492 g/mol. The summed E-state index contributed by atoms with van der Waals surface area (Å²) in [5, 5.41) is 4.41. The lowest BCUT2D eigenvalue weighted by molar-refractivity contribution is -0.114. The zero-order chi connectivity index (χ0) is 24.6. The third kappa shape index (κ3) is 4.26. The van der Waals surface area contributed by atoms with E-state index in [0.29, 0.717) is 16.3 Å². The minimum Gasteiger partial charge on any atom is -0.489 e. The summed E-state index contributed by atoms with van der Waals surface area (Å²) < 4.78 is 74.7. The number of hydrogen-bond acceptors (Lipinski definition) is 3. The number of benzene rings is 3. The van der Waals surface area contributed by atoms with Gasteiger partial charge < -0.3 is 4.74 Å². The Morgan fingerprint density at radius 3 is 2.26 bits per heavy atom. The number of amides is 1. The van der Waals surface area contributed by atoms with Crippen molar-refractivity contribution in [2.75, 3.05) is 5.01 Å². The van der Waals surface area contributed by atoms with Crippen molar-refractivity contribution in [1.29, 1.82) is 0 Å². The predicted molar refractivity (Wildman–Crippen MR) is 117 cm³/mol. The number of hydrazone groups is 1. The molecule has 4 rings (SSSR count). The Morgan fingerprint density at radius 2 is 1.59 bits per heavy atom. The molecular formula is C24H14ClF5N2O2. The smallest absolute Gasteiger partial charge is 0.280 e. The summed E-state index contributed by atoms with van der Waals surface area (Å²) in [6, 6.07) is 13.7. The van der Waals surface area contributed by atoms with E-state index in [1.165, 1.54) is 13.0 Å². The Labute approximate surface area is 195 Å². The molecule has 0 spiro atoms. The highest BCUT2D eigenvalue weighted by molar-refractivity contribution is 6.32. The first-order valence-electron chi connectivity index (χ1n) is 9.78. The Kier molecular flexibility index (Phi) is 6.39. The maximum Gasteiger partial charge on any atom is 0.280 e. The Morgan fingerprint density at radius 1 is 0.941 bits per heavy atom. The zero-order valence-electron chi connectivity index (χ0n) is 17.4. The SMILES string of the molecule is CC1=NN(c2c(F)c(F)c(F)c(F)c2F)C(=O)/C1=C\c1cccc(OCc2ccccc2Cl)c1. The van der Waals surface area contributed by atoms with Crippen molar-refractivity contribution in [3.63, 3.8) is 0 Å². The van der Waals surface area contributed by atoms with Crippen molar-refractivity contribution >= 4 is 35.0 Å². The topological polar surface area (TPSA) is 41.9 Å².